The van der Waals surface area contributed by atoms with E-state index in [4.69, 9.17) is 10.5 Å². The first-order valence-electron chi connectivity index (χ1n) is 13.5. The summed E-state index contributed by atoms with van der Waals surface area (Å²) in [5.74, 6) is -3.55. The Kier molecular flexibility index (Phi) is 8.94. The van der Waals surface area contributed by atoms with Gasteiger partial charge in [-0.1, -0.05) is 42.5 Å². The summed E-state index contributed by atoms with van der Waals surface area (Å²) in [7, 11) is 0. The summed E-state index contributed by atoms with van der Waals surface area (Å²) in [5, 5.41) is 6.17. The first kappa shape index (κ1) is 29.0. The maximum atomic E-state index is 14.2. The number of halogens is 3. The summed E-state index contributed by atoms with van der Waals surface area (Å²) < 4.78 is 48.4. The van der Waals surface area contributed by atoms with Crippen LogP contribution in [0.3, 0.4) is 0 Å². The predicted molar refractivity (Wildman–Crippen MR) is 151 cm³/mol. The third-order valence-corrected chi connectivity index (χ3v) is 7.13. The molecule has 1 aliphatic heterocycles. The highest BCUT2D eigenvalue weighted by molar-refractivity contribution is 5.94. The number of primary amides is 1. The Hall–Kier alpha value is -4.54. The van der Waals surface area contributed by atoms with Crippen LogP contribution in [0.4, 0.5) is 13.2 Å². The number of benzene rings is 3. The molecule has 1 aromatic heterocycles. The predicted octanol–water partition coefficient (Wildman–Crippen LogP) is 4.61. The number of ether oxygens (including phenoxy) is 1. The molecule has 4 N–H and O–H groups in total. The van der Waals surface area contributed by atoms with Crippen molar-refractivity contribution in [2.75, 3.05) is 6.54 Å². The van der Waals surface area contributed by atoms with E-state index in [-0.39, 0.29) is 24.0 Å². The molecule has 42 heavy (non-hydrogen) atoms. The standard InChI is InChI=1S/C32H29F3N4O3/c33-22-11-20(12-23(34)15-22)13-28(30-25(7-4-10-37-30)21-8-9-27(35)26(14-21)31(36)40)39-32(41)29-16-24(17-38-29)42-18-19-5-2-1-3-6-19/h1-12,14-15,24,28-29,38H,13,16-18H2,(H2,36,40)(H,39,41)/t24-,28+,29+/m1/s1. The van der Waals surface area contributed by atoms with Crippen LogP contribution < -0.4 is 16.4 Å². The molecule has 0 radical (unpaired) electrons. The van der Waals surface area contributed by atoms with E-state index in [0.717, 1.165) is 17.7 Å². The molecule has 0 spiro atoms. The largest absolute Gasteiger partial charge is 0.372 e. The second kappa shape index (κ2) is 13.0. The highest BCUT2D eigenvalue weighted by Gasteiger charge is 2.32. The molecule has 1 saturated heterocycles. The minimum atomic E-state index is -0.934. The first-order chi connectivity index (χ1) is 20.3. The maximum absolute atomic E-state index is 14.2. The van der Waals surface area contributed by atoms with Crippen LogP contribution in [-0.2, 0) is 22.6 Å². The third-order valence-electron chi connectivity index (χ3n) is 7.13. The van der Waals surface area contributed by atoms with E-state index in [1.165, 1.54) is 30.5 Å². The molecule has 2 heterocycles. The van der Waals surface area contributed by atoms with Gasteiger partial charge in [0.25, 0.3) is 5.91 Å². The topological polar surface area (TPSA) is 106 Å². The van der Waals surface area contributed by atoms with Gasteiger partial charge in [-0.2, -0.15) is 0 Å². The van der Waals surface area contributed by atoms with Crippen molar-refractivity contribution in [1.29, 1.82) is 0 Å². The number of carbonyl (C=O) groups is 2. The minimum Gasteiger partial charge on any atom is -0.372 e. The number of nitrogens with one attached hydrogen (secondary N) is 2. The molecule has 3 atom stereocenters. The highest BCUT2D eigenvalue weighted by atomic mass is 19.1. The zero-order valence-corrected chi connectivity index (χ0v) is 22.5. The van der Waals surface area contributed by atoms with Gasteiger partial charge in [0.2, 0.25) is 5.91 Å². The van der Waals surface area contributed by atoms with Crippen LogP contribution in [0.15, 0.2) is 85.1 Å². The van der Waals surface area contributed by atoms with Gasteiger partial charge in [-0.25, -0.2) is 13.2 Å². The van der Waals surface area contributed by atoms with Crippen molar-refractivity contribution < 1.29 is 27.5 Å². The smallest absolute Gasteiger partial charge is 0.251 e. The van der Waals surface area contributed by atoms with Crippen molar-refractivity contribution in [2.45, 2.75) is 37.6 Å². The number of hydrogen-bond donors (Lipinski definition) is 3. The molecule has 4 aromatic rings. The lowest BCUT2D eigenvalue weighted by molar-refractivity contribution is -0.123. The summed E-state index contributed by atoms with van der Waals surface area (Å²) in [4.78, 5) is 29.8. The van der Waals surface area contributed by atoms with E-state index in [1.807, 2.05) is 30.3 Å². The summed E-state index contributed by atoms with van der Waals surface area (Å²) >= 11 is 0. The van der Waals surface area contributed by atoms with Crippen molar-refractivity contribution in [3.8, 4) is 11.1 Å². The average molecular weight is 575 g/mol. The van der Waals surface area contributed by atoms with Crippen LogP contribution in [0.1, 0.15) is 39.6 Å². The normalized spacial score (nSPS) is 17.1. The van der Waals surface area contributed by atoms with Crippen molar-refractivity contribution in [1.82, 2.24) is 15.6 Å². The molecule has 10 heteroatoms. The van der Waals surface area contributed by atoms with Crippen LogP contribution in [0, 0.1) is 17.5 Å². The van der Waals surface area contributed by atoms with Crippen molar-refractivity contribution in [3.63, 3.8) is 0 Å². The lowest BCUT2D eigenvalue weighted by Gasteiger charge is -2.23. The fourth-order valence-corrected chi connectivity index (χ4v) is 5.09. The SMILES string of the molecule is NC(=O)c1cc(-c2cccnc2[C@H](Cc2cc(F)cc(F)c2)NC(=O)[C@@H]2C[C@@H](OCc3ccccc3)CN2)ccc1F. The Labute approximate surface area is 240 Å². The molecule has 3 aromatic carbocycles. The van der Waals surface area contributed by atoms with Gasteiger partial charge in [-0.05, 0) is 59.9 Å². The quantitative estimate of drug-likeness (QED) is 0.257. The van der Waals surface area contributed by atoms with Gasteiger partial charge >= 0.3 is 0 Å². The molecule has 0 bridgehead atoms. The molecule has 5 rings (SSSR count). The van der Waals surface area contributed by atoms with Crippen LogP contribution in [0.5, 0.6) is 0 Å². The summed E-state index contributed by atoms with van der Waals surface area (Å²) in [6, 6.07) is 18.7. The maximum Gasteiger partial charge on any atom is 0.251 e. The molecular formula is C32H29F3N4O3. The zero-order chi connectivity index (χ0) is 29.6. The lowest BCUT2D eigenvalue weighted by Crippen LogP contribution is -2.43. The van der Waals surface area contributed by atoms with Gasteiger partial charge < -0.3 is 21.1 Å². The number of hydrogen-bond acceptors (Lipinski definition) is 5. The van der Waals surface area contributed by atoms with E-state index < -0.39 is 35.4 Å². The molecule has 2 amide bonds. The van der Waals surface area contributed by atoms with Gasteiger partial charge in [0.15, 0.2) is 0 Å². The first-order valence-corrected chi connectivity index (χ1v) is 13.5. The average Bonchev–Trinajstić information content (AvgIpc) is 3.45. The Morgan fingerprint density at radius 2 is 1.74 bits per heavy atom. The number of nitrogens with zero attached hydrogens (tertiary/aromatic N) is 1. The second-order valence-corrected chi connectivity index (χ2v) is 10.2. The van der Waals surface area contributed by atoms with Crippen LogP contribution >= 0.6 is 0 Å². The molecule has 216 valence electrons. The Bertz CT molecular complexity index is 1560. The molecule has 0 unspecified atom stereocenters. The van der Waals surface area contributed by atoms with Crippen molar-refractivity contribution >= 4 is 11.8 Å². The molecule has 0 aliphatic carbocycles. The number of amides is 2. The fraction of sp³-hybridized carbons (Fsp3) is 0.219. The van der Waals surface area contributed by atoms with Gasteiger partial charge in [-0.3, -0.25) is 14.6 Å². The van der Waals surface area contributed by atoms with E-state index in [2.05, 4.69) is 15.6 Å². The van der Waals surface area contributed by atoms with E-state index >= 15 is 0 Å². The molecule has 0 saturated carbocycles. The highest BCUT2D eigenvalue weighted by Crippen LogP contribution is 2.30. The summed E-state index contributed by atoms with van der Waals surface area (Å²) in [6.45, 7) is 0.891. The van der Waals surface area contributed by atoms with E-state index in [1.54, 1.807) is 12.1 Å². The molecule has 1 fully saturated rings. The summed E-state index contributed by atoms with van der Waals surface area (Å²) in [6.07, 6.45) is 1.77. The fourth-order valence-electron chi connectivity index (χ4n) is 5.09. The Morgan fingerprint density at radius 3 is 2.48 bits per heavy atom. The van der Waals surface area contributed by atoms with Gasteiger partial charge in [0.05, 0.1) is 36.1 Å². The van der Waals surface area contributed by atoms with E-state index in [0.29, 0.717) is 42.0 Å². The van der Waals surface area contributed by atoms with Crippen molar-refractivity contribution in [2.24, 2.45) is 5.73 Å². The molecule has 1 aliphatic rings. The number of rotatable bonds is 10. The van der Waals surface area contributed by atoms with Crippen LogP contribution in [-0.4, -0.2) is 35.5 Å². The Balaban J connectivity index is 1.40. The number of carbonyl (C=O) groups excluding carboxylic acids is 2. The zero-order valence-electron chi connectivity index (χ0n) is 22.5. The lowest BCUT2D eigenvalue weighted by atomic mass is 9.94. The number of pyridine rings is 1. The second-order valence-electron chi connectivity index (χ2n) is 10.2. The Morgan fingerprint density at radius 1 is 0.976 bits per heavy atom. The van der Waals surface area contributed by atoms with Crippen LogP contribution in [0.25, 0.3) is 11.1 Å². The van der Waals surface area contributed by atoms with Crippen LogP contribution in [0.2, 0.25) is 0 Å². The number of aromatic nitrogens is 1. The molecular weight excluding hydrogens is 545 g/mol. The monoisotopic (exact) mass is 574 g/mol. The minimum absolute atomic E-state index is 0.00889. The van der Waals surface area contributed by atoms with Gasteiger partial charge in [0.1, 0.15) is 17.5 Å². The molecule has 7 nitrogen and oxygen atoms in total. The van der Waals surface area contributed by atoms with Crippen molar-refractivity contribution in [3.05, 3.63) is 125 Å². The van der Waals surface area contributed by atoms with Gasteiger partial charge in [0, 0.05) is 24.4 Å². The van der Waals surface area contributed by atoms with E-state index in [9.17, 15) is 22.8 Å². The third kappa shape index (κ3) is 7.02. The van der Waals surface area contributed by atoms with Gasteiger partial charge in [-0.15, -0.1) is 0 Å². The summed E-state index contributed by atoms with van der Waals surface area (Å²) in [5.41, 5.74) is 7.67. The number of nitrogens with two attached hydrogens (primary N) is 1.